The van der Waals surface area contributed by atoms with Crippen LogP contribution in [0.1, 0.15) is 35.1 Å². The molecule has 3 rings (SSSR count). The van der Waals surface area contributed by atoms with E-state index in [9.17, 15) is 10.0 Å². The minimum Gasteiger partial charge on any atom is -0.313 e. The molecule has 3 heterocycles. The van der Waals surface area contributed by atoms with E-state index in [0.717, 1.165) is 21.2 Å². The number of urea groups is 1. The number of carbonyl (C=O) groups excluding carboxylic acids is 1. The molecule has 16 heavy (non-hydrogen) atoms. The molecule has 0 aliphatic carbocycles. The van der Waals surface area contributed by atoms with Crippen molar-refractivity contribution in [3.8, 4) is 0 Å². The summed E-state index contributed by atoms with van der Waals surface area (Å²) in [6.45, 7) is 4.50. The summed E-state index contributed by atoms with van der Waals surface area (Å²) in [5.74, 6) is 0. The molecule has 0 aromatic carbocycles. The Morgan fingerprint density at radius 1 is 1.56 bits per heavy atom. The summed E-state index contributed by atoms with van der Waals surface area (Å²) in [4.78, 5) is 14.4. The van der Waals surface area contributed by atoms with Gasteiger partial charge in [-0.2, -0.15) is 9.44 Å². The smallest absolute Gasteiger partial charge is 0.313 e. The van der Waals surface area contributed by atoms with E-state index < -0.39 is 0 Å². The van der Waals surface area contributed by atoms with Crippen LogP contribution in [0.3, 0.4) is 0 Å². The van der Waals surface area contributed by atoms with Crippen molar-refractivity contribution < 1.29 is 42.7 Å². The number of hydroxylamine groups is 2. The van der Waals surface area contributed by atoms with Crippen LogP contribution in [0.5, 0.6) is 0 Å². The topological polar surface area (TPSA) is 56.7 Å². The van der Waals surface area contributed by atoms with E-state index in [-0.39, 0.29) is 50.8 Å². The van der Waals surface area contributed by atoms with E-state index in [4.69, 9.17) is 0 Å². The molecule has 1 aromatic rings. The molecular formula is C9H11N3O2SY. The summed E-state index contributed by atoms with van der Waals surface area (Å²) in [5, 5.41) is 10.5. The summed E-state index contributed by atoms with van der Waals surface area (Å²) in [6, 6.07) is -0.482. The maximum atomic E-state index is 11.7. The fourth-order valence-electron chi connectivity index (χ4n) is 2.42. The fourth-order valence-corrected chi connectivity index (χ4v) is 3.47. The molecule has 2 amide bonds. The van der Waals surface area contributed by atoms with Gasteiger partial charge in [0.15, 0.2) is 0 Å². The molecule has 83 valence electrons. The maximum absolute atomic E-state index is 11.7. The van der Waals surface area contributed by atoms with Gasteiger partial charge >= 0.3 is 6.03 Å². The number of amides is 2. The molecule has 1 saturated heterocycles. The van der Waals surface area contributed by atoms with Crippen LogP contribution in [0.2, 0.25) is 0 Å². The van der Waals surface area contributed by atoms with Crippen LogP contribution in [0.25, 0.3) is 0 Å². The van der Waals surface area contributed by atoms with Gasteiger partial charge in [-0.25, -0.2) is 4.79 Å². The average Bonchev–Trinajstić information content (AvgIpc) is 2.70. The Kier molecular flexibility index (Phi) is 3.12. The van der Waals surface area contributed by atoms with Crippen molar-refractivity contribution >= 4 is 17.6 Å². The maximum Gasteiger partial charge on any atom is 0.345 e. The van der Waals surface area contributed by atoms with Crippen LogP contribution >= 0.6 is 11.5 Å². The number of rotatable bonds is 0. The Morgan fingerprint density at radius 3 is 2.94 bits per heavy atom. The Hall–Kier alpha value is -0.0361. The van der Waals surface area contributed by atoms with Crippen LogP contribution in [0.4, 0.5) is 4.79 Å². The van der Waals surface area contributed by atoms with Gasteiger partial charge in [0, 0.05) is 38.3 Å². The molecule has 7 heteroatoms. The van der Waals surface area contributed by atoms with Gasteiger partial charge in [-0.1, -0.05) is 0 Å². The molecule has 0 saturated carbocycles. The minimum atomic E-state index is -0.296. The fraction of sp³-hybridized carbons (Fsp3) is 0.556. The zero-order valence-electron chi connectivity index (χ0n) is 9.04. The van der Waals surface area contributed by atoms with E-state index in [0.29, 0.717) is 6.54 Å². The summed E-state index contributed by atoms with van der Waals surface area (Å²) in [5.41, 5.74) is 2.08. The molecule has 1 radical (unpaired) electrons. The van der Waals surface area contributed by atoms with Gasteiger partial charge in [0.2, 0.25) is 0 Å². The van der Waals surface area contributed by atoms with Crippen molar-refractivity contribution in [3.05, 3.63) is 16.1 Å². The molecule has 2 aliphatic heterocycles. The van der Waals surface area contributed by atoms with Gasteiger partial charge in [-0.15, -0.1) is 0 Å². The van der Waals surface area contributed by atoms with Crippen LogP contribution in [0.15, 0.2) is 0 Å². The third-order valence-electron chi connectivity index (χ3n) is 3.23. The third kappa shape index (κ3) is 1.40. The Balaban J connectivity index is 0.000000963. The molecule has 1 unspecified atom stereocenters. The van der Waals surface area contributed by atoms with Crippen molar-refractivity contribution in [2.75, 3.05) is 6.54 Å². The summed E-state index contributed by atoms with van der Waals surface area (Å²) < 4.78 is 4.29. The molecule has 2 bridgehead atoms. The second kappa shape index (κ2) is 4.01. The monoisotopic (exact) mass is 314 g/mol. The van der Waals surface area contributed by atoms with Gasteiger partial charge in [0.05, 0.1) is 23.2 Å². The standard InChI is InChI=1S/C9H11N3O2S.Y/c1-4-7-5(2)11-3-6(8(7)15-10-4)12(14)9(11)13;/h5-6,14H,3H2,1-2H3;/t5-,6?;/m1./s1. The van der Waals surface area contributed by atoms with Crippen LogP contribution < -0.4 is 0 Å². The van der Waals surface area contributed by atoms with Crippen molar-refractivity contribution in [1.29, 1.82) is 0 Å². The first kappa shape index (κ1) is 12.4. The van der Waals surface area contributed by atoms with Crippen molar-refractivity contribution in [2.24, 2.45) is 0 Å². The first-order chi connectivity index (χ1) is 7.11. The molecular weight excluding hydrogens is 303 g/mol. The number of fused-ring (bicyclic) bond motifs is 4. The molecule has 2 aliphatic rings. The summed E-state index contributed by atoms with van der Waals surface area (Å²) >= 11 is 1.39. The Bertz CT molecular complexity index is 450. The van der Waals surface area contributed by atoms with Gasteiger partial charge in [0.1, 0.15) is 6.04 Å². The summed E-state index contributed by atoms with van der Waals surface area (Å²) in [7, 11) is 0. The van der Waals surface area contributed by atoms with E-state index in [1.165, 1.54) is 11.5 Å². The number of nitrogens with zero attached hydrogens (tertiary/aromatic N) is 3. The van der Waals surface area contributed by atoms with Crippen LogP contribution in [0, 0.1) is 6.92 Å². The van der Waals surface area contributed by atoms with E-state index in [1.54, 1.807) is 4.90 Å². The summed E-state index contributed by atoms with van der Waals surface area (Å²) in [6.07, 6.45) is 0. The third-order valence-corrected chi connectivity index (χ3v) is 4.28. The Labute approximate surface area is 122 Å². The largest absolute Gasteiger partial charge is 0.345 e. The molecule has 1 aromatic heterocycles. The molecule has 0 spiro atoms. The molecule has 2 atom stereocenters. The van der Waals surface area contributed by atoms with Gasteiger partial charge in [0.25, 0.3) is 0 Å². The van der Waals surface area contributed by atoms with Gasteiger partial charge in [-0.05, 0) is 25.4 Å². The number of hydrogen-bond donors (Lipinski definition) is 1. The van der Waals surface area contributed by atoms with Crippen LogP contribution in [-0.4, -0.2) is 32.1 Å². The van der Waals surface area contributed by atoms with E-state index in [1.807, 2.05) is 13.8 Å². The van der Waals surface area contributed by atoms with E-state index in [2.05, 4.69) is 4.37 Å². The predicted molar refractivity (Wildman–Crippen MR) is 53.7 cm³/mol. The number of carbonyl (C=O) groups is 1. The second-order valence-corrected chi connectivity index (χ2v) is 4.82. The number of hydrogen-bond acceptors (Lipinski definition) is 4. The normalized spacial score (nSPS) is 26.8. The van der Waals surface area contributed by atoms with Crippen molar-refractivity contribution in [1.82, 2.24) is 14.3 Å². The van der Waals surface area contributed by atoms with E-state index >= 15 is 0 Å². The Morgan fingerprint density at radius 2 is 2.25 bits per heavy atom. The molecule has 5 nitrogen and oxygen atoms in total. The zero-order chi connectivity index (χ0) is 10.7. The zero-order valence-corrected chi connectivity index (χ0v) is 12.7. The first-order valence-electron chi connectivity index (χ1n) is 4.86. The van der Waals surface area contributed by atoms with Crippen LogP contribution in [-0.2, 0) is 32.7 Å². The SMILES string of the molecule is Cc1nsc2c1[C@@H](C)N1CC2N(O)C1=O.[Y]. The van der Waals surface area contributed by atoms with Gasteiger partial charge in [-0.3, -0.25) is 5.21 Å². The van der Waals surface area contributed by atoms with Crippen molar-refractivity contribution in [2.45, 2.75) is 25.9 Å². The minimum absolute atomic E-state index is 0. The first-order valence-corrected chi connectivity index (χ1v) is 5.63. The molecule has 1 fully saturated rings. The quantitative estimate of drug-likeness (QED) is 0.742. The second-order valence-electron chi connectivity index (χ2n) is 4.02. The predicted octanol–water partition coefficient (Wildman–Crippen LogP) is 1.69. The number of aryl methyl sites for hydroxylation is 1. The van der Waals surface area contributed by atoms with Crippen molar-refractivity contribution in [3.63, 3.8) is 0 Å². The van der Waals surface area contributed by atoms with Gasteiger partial charge < -0.3 is 4.90 Å². The number of aromatic nitrogens is 1. The average molecular weight is 314 g/mol. The molecule has 1 N–H and O–H groups in total.